The molecule has 2 aliphatic heterocycles. The molecule has 2 saturated heterocycles. The molecule has 0 aromatic heterocycles. The Kier molecular flexibility index (Phi) is 14.2. The summed E-state index contributed by atoms with van der Waals surface area (Å²) < 4.78 is 24.2. The summed E-state index contributed by atoms with van der Waals surface area (Å²) >= 11 is 4.01. The van der Waals surface area contributed by atoms with Crippen LogP contribution in [0, 0.1) is 24.2 Å². The Balaban J connectivity index is 1.51. The van der Waals surface area contributed by atoms with E-state index in [9.17, 15) is 9.90 Å². The van der Waals surface area contributed by atoms with Crippen molar-refractivity contribution in [3.8, 4) is 18.1 Å². The van der Waals surface area contributed by atoms with Gasteiger partial charge in [-0.1, -0.05) is 52.7 Å². The van der Waals surface area contributed by atoms with Gasteiger partial charge >= 0.3 is 0 Å². The zero-order chi connectivity index (χ0) is 32.5. The zero-order valence-corrected chi connectivity index (χ0v) is 30.9. The number of aliphatic hydroxyl groups excluding tert-OH is 1. The fourth-order valence-electron chi connectivity index (χ4n) is 5.50. The van der Waals surface area contributed by atoms with Crippen LogP contribution >= 0.6 is 23.5 Å². The number of ketones is 1. The number of carbonyl (C=O) groups excluding carboxylic acids is 1. The zero-order valence-electron chi connectivity index (χ0n) is 28.2. The summed E-state index contributed by atoms with van der Waals surface area (Å²) in [6.07, 6.45) is 9.96. The first-order valence-electron chi connectivity index (χ1n) is 16.2. The highest BCUT2D eigenvalue weighted by Crippen LogP contribution is 2.51. The number of benzene rings is 1. The van der Waals surface area contributed by atoms with Crippen molar-refractivity contribution >= 4 is 37.6 Å². The third kappa shape index (κ3) is 10.8. The monoisotopic (exact) mass is 664 g/mol. The lowest BCUT2D eigenvalue weighted by molar-refractivity contribution is -0.127. The van der Waals surface area contributed by atoms with Crippen molar-refractivity contribution in [3.63, 3.8) is 0 Å². The number of thioether (sulfide) groups is 2. The van der Waals surface area contributed by atoms with Crippen LogP contribution in [0.5, 0.6) is 5.75 Å². The molecule has 1 aromatic carbocycles. The molecule has 6 nitrogen and oxygen atoms in total. The van der Waals surface area contributed by atoms with Gasteiger partial charge < -0.3 is 23.7 Å². The molecule has 0 aliphatic carbocycles. The van der Waals surface area contributed by atoms with Gasteiger partial charge in [-0.2, -0.15) is 0 Å². The van der Waals surface area contributed by atoms with E-state index >= 15 is 0 Å². The molecule has 0 amide bonds. The van der Waals surface area contributed by atoms with Gasteiger partial charge in [0.05, 0.1) is 42.7 Å². The molecule has 1 N–H and O–H groups in total. The van der Waals surface area contributed by atoms with E-state index in [1.165, 1.54) is 6.42 Å². The van der Waals surface area contributed by atoms with Gasteiger partial charge in [0.2, 0.25) is 0 Å². The first-order valence-corrected chi connectivity index (χ1v) is 21.1. The SMILES string of the molecule is C#C[C@@H](O[Si](C)(C)C(C)(C)C)[C@H]1CC[C@H](CC2(C[C@H](C)[C@@H](O)CC(=O)[C@H](C)COCc3ccc(OC)cc3)SCCCS2)O1. The lowest BCUT2D eigenvalue weighted by Gasteiger charge is -2.41. The Morgan fingerprint density at radius 1 is 1.18 bits per heavy atom. The second-order valence-corrected chi connectivity index (χ2v) is 22.2. The number of Topliss-reactive ketones (excluding diaryl/α,β-unsaturated/α-hetero) is 1. The summed E-state index contributed by atoms with van der Waals surface area (Å²) in [5, 5.41) is 11.2. The molecule has 2 fully saturated rings. The van der Waals surface area contributed by atoms with E-state index in [2.05, 4.69) is 46.7 Å². The number of ether oxygens (including phenoxy) is 3. The van der Waals surface area contributed by atoms with Crippen molar-refractivity contribution in [3.05, 3.63) is 29.8 Å². The number of hydrogen-bond acceptors (Lipinski definition) is 8. The number of carbonyl (C=O) groups is 1. The third-order valence-corrected chi connectivity index (χ3v) is 17.3. The maximum atomic E-state index is 13.0. The second-order valence-electron chi connectivity index (χ2n) is 14.2. The minimum atomic E-state index is -2.02. The molecular formula is C35H56O6S2Si. The standard InChI is InChI=1S/C35H56O6S2Si/c1-10-32(41-44(8,9)34(4,5)6)33-17-16-29(40-33)22-35(42-18-11-19-43-35)21-25(2)30(36)20-31(37)26(3)23-39-24-27-12-14-28(38-7)15-13-27/h1,12-15,25-26,29-30,32-33,36H,11,16-24H2,2-9H3/t25-,26+,29+,30-,32+,33+/m0/s1. The van der Waals surface area contributed by atoms with E-state index in [4.69, 9.17) is 25.1 Å². The van der Waals surface area contributed by atoms with Crippen molar-refractivity contribution in [2.45, 2.75) is 126 Å². The number of rotatable bonds is 16. The minimum Gasteiger partial charge on any atom is -0.497 e. The second kappa shape index (κ2) is 16.7. The van der Waals surface area contributed by atoms with Gasteiger partial charge in [0, 0.05) is 12.3 Å². The Morgan fingerprint density at radius 2 is 1.84 bits per heavy atom. The molecule has 0 saturated carbocycles. The van der Waals surface area contributed by atoms with Gasteiger partial charge in [0.15, 0.2) is 8.32 Å². The van der Waals surface area contributed by atoms with Gasteiger partial charge in [-0.15, -0.1) is 29.9 Å². The van der Waals surface area contributed by atoms with Crippen LogP contribution in [0.1, 0.15) is 78.7 Å². The normalized spacial score (nSPS) is 23.4. The predicted molar refractivity (Wildman–Crippen MR) is 187 cm³/mol. The van der Waals surface area contributed by atoms with E-state index < -0.39 is 14.4 Å². The van der Waals surface area contributed by atoms with Crippen LogP contribution in [0.2, 0.25) is 18.1 Å². The van der Waals surface area contributed by atoms with Crippen LogP contribution in [0.4, 0.5) is 0 Å². The minimum absolute atomic E-state index is 0.0120. The number of terminal acetylenes is 1. The van der Waals surface area contributed by atoms with Gasteiger partial charge in [-0.3, -0.25) is 4.79 Å². The Labute approximate surface area is 276 Å². The summed E-state index contributed by atoms with van der Waals surface area (Å²) in [7, 11) is -0.375. The topological polar surface area (TPSA) is 74.2 Å². The predicted octanol–water partition coefficient (Wildman–Crippen LogP) is 7.72. The summed E-state index contributed by atoms with van der Waals surface area (Å²) in [4.78, 5) is 13.0. The average molecular weight is 665 g/mol. The maximum Gasteiger partial charge on any atom is 0.193 e. The van der Waals surface area contributed by atoms with Crippen molar-refractivity contribution in [2.75, 3.05) is 25.2 Å². The molecular weight excluding hydrogens is 609 g/mol. The summed E-state index contributed by atoms with van der Waals surface area (Å²) in [5.41, 5.74) is 1.03. The van der Waals surface area contributed by atoms with Crippen molar-refractivity contribution in [1.29, 1.82) is 0 Å². The van der Waals surface area contributed by atoms with Crippen LogP contribution in [0.25, 0.3) is 0 Å². The van der Waals surface area contributed by atoms with Crippen molar-refractivity contribution in [2.24, 2.45) is 11.8 Å². The fraction of sp³-hybridized carbons (Fsp3) is 0.743. The van der Waals surface area contributed by atoms with Crippen LogP contribution in [0.3, 0.4) is 0 Å². The molecule has 6 atom stereocenters. The lowest BCUT2D eigenvalue weighted by Crippen LogP contribution is -2.46. The molecule has 0 radical (unpaired) electrons. The maximum absolute atomic E-state index is 13.0. The van der Waals surface area contributed by atoms with E-state index in [0.717, 1.165) is 48.5 Å². The summed E-state index contributed by atoms with van der Waals surface area (Å²) in [6.45, 7) is 15.9. The lowest BCUT2D eigenvalue weighted by atomic mass is 9.90. The Bertz CT molecular complexity index is 1080. The molecule has 44 heavy (non-hydrogen) atoms. The number of methoxy groups -OCH3 is 1. The van der Waals surface area contributed by atoms with Crippen molar-refractivity contribution in [1.82, 2.24) is 0 Å². The first kappa shape index (κ1) is 37.5. The van der Waals surface area contributed by atoms with E-state index in [1.54, 1.807) is 7.11 Å². The van der Waals surface area contributed by atoms with E-state index in [1.807, 2.05) is 54.7 Å². The molecule has 0 spiro atoms. The molecule has 1 aromatic rings. The molecule has 0 bridgehead atoms. The molecule has 9 heteroatoms. The highest BCUT2D eigenvalue weighted by atomic mass is 32.2. The summed E-state index contributed by atoms with van der Waals surface area (Å²) in [5.74, 6) is 5.67. The van der Waals surface area contributed by atoms with Crippen LogP contribution in [-0.4, -0.2) is 72.9 Å². The smallest absolute Gasteiger partial charge is 0.193 e. The van der Waals surface area contributed by atoms with Gasteiger partial charge in [-0.25, -0.2) is 0 Å². The number of hydrogen-bond donors (Lipinski definition) is 1. The molecule has 248 valence electrons. The van der Waals surface area contributed by atoms with Gasteiger partial charge in [0.1, 0.15) is 17.6 Å². The average Bonchev–Trinajstić information content (AvgIpc) is 3.43. The quantitative estimate of drug-likeness (QED) is 0.142. The fourth-order valence-corrected chi connectivity index (χ4v) is 10.4. The van der Waals surface area contributed by atoms with Crippen LogP contribution < -0.4 is 4.74 Å². The molecule has 2 heterocycles. The third-order valence-electron chi connectivity index (χ3n) is 9.47. The van der Waals surface area contributed by atoms with Crippen molar-refractivity contribution < 1.29 is 28.5 Å². The highest BCUT2D eigenvalue weighted by Gasteiger charge is 2.45. The Morgan fingerprint density at radius 3 is 2.43 bits per heavy atom. The van der Waals surface area contributed by atoms with Gasteiger partial charge in [-0.05, 0) is 85.4 Å². The number of aliphatic hydroxyl groups is 1. The van der Waals surface area contributed by atoms with Crippen LogP contribution in [-0.2, 0) is 25.3 Å². The highest BCUT2D eigenvalue weighted by molar-refractivity contribution is 8.18. The molecule has 0 unspecified atom stereocenters. The van der Waals surface area contributed by atoms with Gasteiger partial charge in [0.25, 0.3) is 0 Å². The van der Waals surface area contributed by atoms with E-state index in [-0.39, 0.29) is 51.5 Å². The largest absolute Gasteiger partial charge is 0.497 e. The molecule has 3 rings (SSSR count). The first-order chi connectivity index (χ1) is 20.7. The van der Waals surface area contributed by atoms with E-state index in [0.29, 0.717) is 13.2 Å². The summed E-state index contributed by atoms with van der Waals surface area (Å²) in [6, 6.07) is 7.72. The van der Waals surface area contributed by atoms with Crippen LogP contribution in [0.15, 0.2) is 24.3 Å². The Hall–Kier alpha value is -0.993. The molecule has 2 aliphatic rings.